The van der Waals surface area contributed by atoms with Crippen LogP contribution in [0.5, 0.6) is 5.75 Å². The number of piperazine rings is 1. The van der Waals surface area contributed by atoms with Gasteiger partial charge in [-0.25, -0.2) is 4.99 Å². The number of nitrogens with two attached hydrogens (primary N) is 1. The van der Waals surface area contributed by atoms with Gasteiger partial charge in [0.05, 0.1) is 23.2 Å². The van der Waals surface area contributed by atoms with Gasteiger partial charge in [0, 0.05) is 50.5 Å². The predicted molar refractivity (Wildman–Crippen MR) is 140 cm³/mol. The number of aliphatic imine (C=N–C) groups is 1. The van der Waals surface area contributed by atoms with E-state index in [0.717, 1.165) is 45.7 Å². The molecule has 3 rings (SSSR count). The molecule has 9 heteroatoms. The summed E-state index contributed by atoms with van der Waals surface area (Å²) in [5.74, 6) is 1.12. The zero-order valence-electron chi connectivity index (χ0n) is 19.9. The third-order valence-electron chi connectivity index (χ3n) is 6.37. The van der Waals surface area contributed by atoms with Gasteiger partial charge in [-0.3, -0.25) is 9.69 Å². The van der Waals surface area contributed by atoms with Gasteiger partial charge in [0.25, 0.3) is 0 Å². The van der Waals surface area contributed by atoms with Crippen LogP contribution in [0.25, 0.3) is 0 Å². The lowest BCUT2D eigenvalue weighted by molar-refractivity contribution is 0.0881. The summed E-state index contributed by atoms with van der Waals surface area (Å²) in [6.45, 7) is 12.2. The summed E-state index contributed by atoms with van der Waals surface area (Å²) in [7, 11) is 0. The van der Waals surface area contributed by atoms with Crippen LogP contribution in [0, 0.1) is 0 Å². The molecule has 1 aromatic carbocycles. The summed E-state index contributed by atoms with van der Waals surface area (Å²) in [5, 5.41) is 0.742. The fraction of sp³-hybridized carbons (Fsp3) is 0.520. The lowest BCUT2D eigenvalue weighted by Crippen LogP contribution is -2.47. The second-order valence-corrected chi connectivity index (χ2v) is 9.58. The molecule has 0 unspecified atom stereocenters. The van der Waals surface area contributed by atoms with Gasteiger partial charge in [-0.05, 0) is 57.1 Å². The van der Waals surface area contributed by atoms with E-state index in [1.807, 2.05) is 0 Å². The molecule has 2 N–H and O–H groups in total. The fourth-order valence-electron chi connectivity index (χ4n) is 4.34. The Bertz CT molecular complexity index is 890. The normalized spacial score (nSPS) is 20.0. The van der Waals surface area contributed by atoms with Crippen molar-refractivity contribution in [1.82, 2.24) is 14.7 Å². The Balaban J connectivity index is 1.46. The van der Waals surface area contributed by atoms with Gasteiger partial charge in [-0.1, -0.05) is 29.8 Å². The third kappa shape index (κ3) is 7.47. The highest BCUT2D eigenvalue weighted by atomic mass is 35.5. The number of nitrogens with zero attached hydrogens (tertiary/aromatic N) is 4. The maximum Gasteiger partial charge on any atom is 0.176 e. The number of allylic oxidation sites excluding steroid dienone is 1. The van der Waals surface area contributed by atoms with Crippen molar-refractivity contribution in [2.45, 2.75) is 32.2 Å². The highest BCUT2D eigenvalue weighted by molar-refractivity contribution is 6.37. The van der Waals surface area contributed by atoms with Crippen molar-refractivity contribution >= 4 is 35.2 Å². The van der Waals surface area contributed by atoms with Crippen LogP contribution in [-0.4, -0.2) is 85.2 Å². The van der Waals surface area contributed by atoms with E-state index >= 15 is 0 Å². The van der Waals surface area contributed by atoms with E-state index in [0.29, 0.717) is 46.4 Å². The van der Waals surface area contributed by atoms with E-state index < -0.39 is 0 Å². The summed E-state index contributed by atoms with van der Waals surface area (Å²) in [4.78, 5) is 23.8. The molecular weight excluding hydrogens is 473 g/mol. The SMILES string of the molecule is C=C(/N=C\C=C/N)N1CCN(CC(=O)c2cc(Cl)c(OCCCN3CCC[C@H]3C)c(Cl)c2)CC1. The number of ether oxygens (including phenoxy) is 1. The van der Waals surface area contributed by atoms with Gasteiger partial charge in [0.15, 0.2) is 11.5 Å². The van der Waals surface area contributed by atoms with Crippen molar-refractivity contribution < 1.29 is 9.53 Å². The fourth-order valence-corrected chi connectivity index (χ4v) is 4.94. The number of ketones is 1. The van der Waals surface area contributed by atoms with Crippen LogP contribution in [-0.2, 0) is 0 Å². The largest absolute Gasteiger partial charge is 0.490 e. The van der Waals surface area contributed by atoms with E-state index in [9.17, 15) is 4.79 Å². The molecule has 7 nitrogen and oxygen atoms in total. The number of halogens is 2. The molecule has 2 aliphatic heterocycles. The van der Waals surface area contributed by atoms with Gasteiger partial charge < -0.3 is 20.3 Å². The molecule has 34 heavy (non-hydrogen) atoms. The summed E-state index contributed by atoms with van der Waals surface area (Å²) in [6.07, 6.45) is 8.13. The number of Topliss-reactive ketones (excluding diaryl/α,β-unsaturated/α-hetero) is 1. The third-order valence-corrected chi connectivity index (χ3v) is 6.93. The molecule has 1 aromatic rings. The van der Waals surface area contributed by atoms with Crippen molar-refractivity contribution in [2.24, 2.45) is 10.7 Å². The Kier molecular flexibility index (Phi) is 10.3. The molecule has 0 amide bonds. The topological polar surface area (TPSA) is 74.4 Å². The van der Waals surface area contributed by atoms with E-state index in [1.165, 1.54) is 19.0 Å². The average Bonchev–Trinajstić information content (AvgIpc) is 3.23. The van der Waals surface area contributed by atoms with Gasteiger partial charge in [0.1, 0.15) is 5.82 Å². The monoisotopic (exact) mass is 507 g/mol. The van der Waals surface area contributed by atoms with Crippen molar-refractivity contribution in [3.8, 4) is 5.75 Å². The van der Waals surface area contributed by atoms with E-state index in [-0.39, 0.29) is 5.78 Å². The number of carbonyl (C=O) groups is 1. The number of carbonyl (C=O) groups excluding carboxylic acids is 1. The van der Waals surface area contributed by atoms with Crippen molar-refractivity contribution in [1.29, 1.82) is 0 Å². The molecule has 0 bridgehead atoms. The first-order chi connectivity index (χ1) is 16.4. The van der Waals surface area contributed by atoms with Crippen molar-refractivity contribution in [2.75, 3.05) is 52.4 Å². The summed E-state index contributed by atoms with van der Waals surface area (Å²) >= 11 is 12.9. The second-order valence-electron chi connectivity index (χ2n) is 8.76. The molecule has 2 heterocycles. The molecule has 1 atom stereocenters. The highest BCUT2D eigenvalue weighted by Crippen LogP contribution is 2.34. The number of rotatable bonds is 11. The zero-order valence-corrected chi connectivity index (χ0v) is 21.4. The number of benzene rings is 1. The van der Waals surface area contributed by atoms with E-state index in [2.05, 4.69) is 33.2 Å². The molecular formula is C25H35Cl2N5O2. The van der Waals surface area contributed by atoms with E-state index in [4.69, 9.17) is 33.7 Å². The van der Waals surface area contributed by atoms with Crippen molar-refractivity contribution in [3.63, 3.8) is 0 Å². The molecule has 2 fully saturated rings. The molecule has 186 valence electrons. The number of hydrogen-bond acceptors (Lipinski definition) is 7. The molecule has 0 radical (unpaired) electrons. The summed E-state index contributed by atoms with van der Waals surface area (Å²) < 4.78 is 5.87. The minimum absolute atomic E-state index is 0.0169. The van der Waals surface area contributed by atoms with Gasteiger partial charge in [-0.2, -0.15) is 0 Å². The minimum Gasteiger partial charge on any atom is -0.490 e. The average molecular weight is 508 g/mol. The van der Waals surface area contributed by atoms with Crippen LogP contribution in [0.4, 0.5) is 0 Å². The Hall–Kier alpha value is -2.06. The van der Waals surface area contributed by atoms with Gasteiger partial charge in [0.2, 0.25) is 0 Å². The quantitative estimate of drug-likeness (QED) is 0.276. The molecule has 0 spiro atoms. The number of hydrogen-bond donors (Lipinski definition) is 1. The predicted octanol–water partition coefficient (Wildman–Crippen LogP) is 4.06. The van der Waals surface area contributed by atoms with Crippen LogP contribution in [0.15, 0.2) is 41.8 Å². The zero-order chi connectivity index (χ0) is 24.5. The molecule has 0 saturated carbocycles. The van der Waals surface area contributed by atoms with E-state index in [1.54, 1.807) is 24.4 Å². The van der Waals surface area contributed by atoms with Crippen LogP contribution < -0.4 is 10.5 Å². The Morgan fingerprint density at radius 3 is 2.56 bits per heavy atom. The lowest BCUT2D eigenvalue weighted by Gasteiger charge is -2.35. The Morgan fingerprint density at radius 1 is 1.24 bits per heavy atom. The highest BCUT2D eigenvalue weighted by Gasteiger charge is 2.22. The minimum atomic E-state index is -0.0169. The second kappa shape index (κ2) is 13.1. The standard InChI is InChI=1S/C25H35Cl2N5O2/c1-19-6-3-9-31(19)10-5-15-34-25-22(26)16-21(17-23(25)27)24(33)18-30-11-13-32(14-12-30)20(2)29-8-4-7-28/h4,7-8,16-17,19H,2-3,5-6,9-15,18,28H2,1H3/b7-4-,29-8-/t19-/m1/s1. The van der Waals surface area contributed by atoms with Gasteiger partial charge >= 0.3 is 0 Å². The maximum atomic E-state index is 12.9. The molecule has 2 saturated heterocycles. The number of likely N-dealkylation sites (tertiary alicyclic amines) is 1. The molecule has 0 aliphatic carbocycles. The van der Waals surface area contributed by atoms with Crippen molar-refractivity contribution in [3.05, 3.63) is 52.4 Å². The van der Waals surface area contributed by atoms with Crippen LogP contribution in [0.2, 0.25) is 10.0 Å². The van der Waals surface area contributed by atoms with Gasteiger partial charge in [-0.15, -0.1) is 0 Å². The molecule has 2 aliphatic rings. The summed E-state index contributed by atoms with van der Waals surface area (Å²) in [6, 6.07) is 3.96. The first kappa shape index (κ1) is 26.5. The maximum absolute atomic E-state index is 12.9. The van der Waals surface area contributed by atoms with Crippen LogP contribution >= 0.6 is 23.2 Å². The first-order valence-electron chi connectivity index (χ1n) is 11.8. The molecule has 0 aromatic heterocycles. The first-order valence-corrected chi connectivity index (χ1v) is 12.6. The van der Waals surface area contributed by atoms with Crippen LogP contribution in [0.3, 0.4) is 0 Å². The Labute approximate surface area is 212 Å². The lowest BCUT2D eigenvalue weighted by atomic mass is 10.1. The smallest absolute Gasteiger partial charge is 0.176 e. The van der Waals surface area contributed by atoms with Crippen LogP contribution in [0.1, 0.15) is 36.5 Å². The summed E-state index contributed by atoms with van der Waals surface area (Å²) in [5.41, 5.74) is 5.80. The Morgan fingerprint density at radius 2 is 1.94 bits per heavy atom.